The number of piperidine rings is 1. The van der Waals surface area contributed by atoms with Gasteiger partial charge in [-0.1, -0.05) is 0 Å². The molecular formula is C17H26BClN4O3. The molecule has 7 nitrogen and oxygen atoms in total. The zero-order chi connectivity index (χ0) is 18.9. The number of amides is 1. The molecule has 0 bridgehead atoms. The first-order valence-corrected chi connectivity index (χ1v) is 9.53. The number of aromatic nitrogens is 2. The maximum atomic E-state index is 11.5. The van der Waals surface area contributed by atoms with Crippen LogP contribution in [0.5, 0.6) is 0 Å². The topological polar surface area (TPSA) is 76.6 Å². The highest BCUT2D eigenvalue weighted by Crippen LogP contribution is 2.36. The summed E-state index contributed by atoms with van der Waals surface area (Å²) in [5.74, 6) is 0.487. The average Bonchev–Trinajstić information content (AvgIpc) is 2.83. The Morgan fingerprint density at radius 2 is 1.92 bits per heavy atom. The Labute approximate surface area is 159 Å². The highest BCUT2D eigenvalue weighted by Gasteiger charge is 2.52. The zero-order valence-corrected chi connectivity index (χ0v) is 16.5. The van der Waals surface area contributed by atoms with Gasteiger partial charge in [0.1, 0.15) is 5.88 Å². The van der Waals surface area contributed by atoms with E-state index in [0.29, 0.717) is 12.5 Å². The molecule has 0 aliphatic carbocycles. The molecule has 2 aliphatic heterocycles. The second-order valence-electron chi connectivity index (χ2n) is 7.89. The molecule has 3 heterocycles. The van der Waals surface area contributed by atoms with Gasteiger partial charge < -0.3 is 19.5 Å². The fraction of sp³-hybridized carbons (Fsp3) is 0.706. The van der Waals surface area contributed by atoms with Crippen LogP contribution in [0.25, 0.3) is 0 Å². The SMILES string of the molecule is CC1(C)OB(c2cnc(N3CCCC(NC(=O)CCl)C3)nc2)OC1(C)C. The van der Waals surface area contributed by atoms with Gasteiger partial charge in [0.2, 0.25) is 11.9 Å². The van der Waals surface area contributed by atoms with Crippen LogP contribution in [0.2, 0.25) is 0 Å². The molecular weight excluding hydrogens is 354 g/mol. The highest BCUT2D eigenvalue weighted by atomic mass is 35.5. The van der Waals surface area contributed by atoms with E-state index in [1.54, 1.807) is 12.4 Å². The molecule has 1 N–H and O–H groups in total. The number of nitrogens with zero attached hydrogens (tertiary/aromatic N) is 3. The third-order valence-electron chi connectivity index (χ3n) is 5.37. The molecule has 0 saturated carbocycles. The summed E-state index contributed by atoms with van der Waals surface area (Å²) in [6.07, 6.45) is 5.41. The summed E-state index contributed by atoms with van der Waals surface area (Å²) in [4.78, 5) is 22.6. The van der Waals surface area contributed by atoms with Crippen LogP contribution in [0.4, 0.5) is 5.95 Å². The minimum atomic E-state index is -0.467. The summed E-state index contributed by atoms with van der Waals surface area (Å²) in [5.41, 5.74) is 0.0186. The quantitative estimate of drug-likeness (QED) is 0.623. The average molecular weight is 381 g/mol. The monoisotopic (exact) mass is 380 g/mol. The van der Waals surface area contributed by atoms with Crippen LogP contribution in [0.15, 0.2) is 12.4 Å². The summed E-state index contributed by atoms with van der Waals surface area (Å²) in [7, 11) is -0.467. The summed E-state index contributed by atoms with van der Waals surface area (Å²) in [6.45, 7) is 9.62. The van der Waals surface area contributed by atoms with Gasteiger partial charge in [0.25, 0.3) is 0 Å². The first-order chi connectivity index (χ1) is 12.2. The van der Waals surface area contributed by atoms with Gasteiger partial charge >= 0.3 is 7.12 Å². The fourth-order valence-corrected chi connectivity index (χ4v) is 3.22. The van der Waals surface area contributed by atoms with Crippen molar-refractivity contribution in [2.75, 3.05) is 23.9 Å². The van der Waals surface area contributed by atoms with Crippen molar-refractivity contribution in [2.45, 2.75) is 57.8 Å². The van der Waals surface area contributed by atoms with Crippen LogP contribution < -0.4 is 15.7 Å². The molecule has 3 rings (SSSR count). The molecule has 1 aromatic rings. The lowest BCUT2D eigenvalue weighted by molar-refractivity contribution is -0.119. The lowest BCUT2D eigenvalue weighted by Crippen LogP contribution is -2.48. The van der Waals surface area contributed by atoms with Crippen molar-refractivity contribution in [1.82, 2.24) is 15.3 Å². The van der Waals surface area contributed by atoms with Crippen LogP contribution in [0, 0.1) is 0 Å². The lowest BCUT2D eigenvalue weighted by atomic mass is 9.81. The molecule has 142 valence electrons. The third-order valence-corrected chi connectivity index (χ3v) is 5.62. The Morgan fingerprint density at radius 3 is 2.50 bits per heavy atom. The Balaban J connectivity index is 1.65. The highest BCUT2D eigenvalue weighted by molar-refractivity contribution is 6.61. The second kappa shape index (κ2) is 7.33. The fourth-order valence-electron chi connectivity index (χ4n) is 3.14. The third kappa shape index (κ3) is 3.97. The number of alkyl halides is 1. The van der Waals surface area contributed by atoms with E-state index < -0.39 is 18.3 Å². The smallest absolute Gasteiger partial charge is 0.399 e. The summed E-state index contributed by atoms with van der Waals surface area (Å²) in [6, 6.07) is 0.0707. The molecule has 1 amide bonds. The Bertz CT molecular complexity index is 640. The predicted octanol–water partition coefficient (Wildman–Crippen LogP) is 1.10. The van der Waals surface area contributed by atoms with Gasteiger partial charge in [-0.05, 0) is 40.5 Å². The van der Waals surface area contributed by atoms with E-state index in [9.17, 15) is 4.79 Å². The van der Waals surface area contributed by atoms with Crippen LogP contribution in [0.1, 0.15) is 40.5 Å². The number of hydrogen-bond acceptors (Lipinski definition) is 6. The van der Waals surface area contributed by atoms with Crippen molar-refractivity contribution >= 4 is 36.0 Å². The van der Waals surface area contributed by atoms with E-state index in [1.807, 2.05) is 27.7 Å². The van der Waals surface area contributed by atoms with Crippen LogP contribution in [-0.4, -0.2) is 59.2 Å². The number of carbonyl (C=O) groups is 1. The largest absolute Gasteiger partial charge is 0.498 e. The molecule has 9 heteroatoms. The van der Waals surface area contributed by atoms with Gasteiger partial charge in [-0.15, -0.1) is 11.6 Å². The van der Waals surface area contributed by atoms with Crippen molar-refractivity contribution < 1.29 is 14.1 Å². The van der Waals surface area contributed by atoms with E-state index in [1.165, 1.54) is 0 Å². The van der Waals surface area contributed by atoms with Crippen molar-refractivity contribution in [3.05, 3.63) is 12.4 Å². The van der Waals surface area contributed by atoms with Gasteiger partial charge in [0.15, 0.2) is 0 Å². The number of anilines is 1. The molecule has 2 saturated heterocycles. The van der Waals surface area contributed by atoms with Crippen molar-refractivity contribution in [2.24, 2.45) is 0 Å². The van der Waals surface area contributed by atoms with Gasteiger partial charge in [0, 0.05) is 37.0 Å². The van der Waals surface area contributed by atoms with Gasteiger partial charge in [0.05, 0.1) is 11.2 Å². The summed E-state index contributed by atoms with van der Waals surface area (Å²) < 4.78 is 12.1. The Kier molecular flexibility index (Phi) is 5.46. The minimum Gasteiger partial charge on any atom is -0.399 e. The normalized spacial score (nSPS) is 24.6. The van der Waals surface area contributed by atoms with Crippen molar-refractivity contribution in [3.8, 4) is 0 Å². The number of carbonyl (C=O) groups excluding carboxylic acids is 1. The maximum absolute atomic E-state index is 11.5. The van der Waals surface area contributed by atoms with Crippen molar-refractivity contribution in [3.63, 3.8) is 0 Å². The standard InChI is InChI=1S/C17H26BClN4O3/c1-16(2)17(3,4)26-18(25-16)12-9-20-15(21-10-12)23-7-5-6-13(11-23)22-14(24)8-19/h9-10,13H,5-8,11H2,1-4H3,(H,22,24). The maximum Gasteiger partial charge on any atom is 0.498 e. The van der Waals surface area contributed by atoms with Crippen LogP contribution in [0.3, 0.4) is 0 Å². The molecule has 1 aromatic heterocycles. The molecule has 0 spiro atoms. The molecule has 26 heavy (non-hydrogen) atoms. The molecule has 1 atom stereocenters. The van der Waals surface area contributed by atoms with E-state index >= 15 is 0 Å². The van der Waals surface area contributed by atoms with Gasteiger partial charge in [-0.2, -0.15) is 0 Å². The van der Waals surface area contributed by atoms with Crippen molar-refractivity contribution in [1.29, 1.82) is 0 Å². The number of halogens is 1. The number of rotatable bonds is 4. The summed E-state index contributed by atoms with van der Waals surface area (Å²) >= 11 is 5.57. The Morgan fingerprint density at radius 1 is 1.31 bits per heavy atom. The van der Waals surface area contributed by atoms with Crippen LogP contribution in [-0.2, 0) is 14.1 Å². The molecule has 2 aliphatic rings. The lowest BCUT2D eigenvalue weighted by Gasteiger charge is -2.33. The van der Waals surface area contributed by atoms with E-state index in [4.69, 9.17) is 20.9 Å². The van der Waals surface area contributed by atoms with Gasteiger partial charge in [-0.3, -0.25) is 4.79 Å². The molecule has 0 aromatic carbocycles. The molecule has 2 fully saturated rings. The summed E-state index contributed by atoms with van der Waals surface area (Å²) in [5, 5.41) is 2.93. The molecule has 0 radical (unpaired) electrons. The minimum absolute atomic E-state index is 0.0181. The van der Waals surface area contributed by atoms with Crippen LogP contribution >= 0.6 is 11.6 Å². The first-order valence-electron chi connectivity index (χ1n) is 9.00. The van der Waals surface area contributed by atoms with Gasteiger partial charge in [-0.25, -0.2) is 9.97 Å². The first kappa shape index (κ1) is 19.4. The molecule has 1 unspecified atom stereocenters. The number of hydrogen-bond donors (Lipinski definition) is 1. The second-order valence-corrected chi connectivity index (χ2v) is 8.16. The predicted molar refractivity (Wildman–Crippen MR) is 102 cm³/mol. The zero-order valence-electron chi connectivity index (χ0n) is 15.8. The van der Waals surface area contributed by atoms with E-state index in [2.05, 4.69) is 20.2 Å². The number of nitrogens with one attached hydrogen (secondary N) is 1. The van der Waals surface area contributed by atoms with E-state index in [-0.39, 0.29) is 17.8 Å². The van der Waals surface area contributed by atoms with E-state index in [0.717, 1.165) is 24.8 Å². The Hall–Kier alpha value is -1.38.